The number of nitrogens with zero attached hydrogens (tertiary/aromatic N) is 1. The average molecular weight is 142 g/mol. The maximum atomic E-state index is 8.58. The number of oxazole rings is 1. The summed E-state index contributed by atoms with van der Waals surface area (Å²) in [6, 6.07) is 0. The van der Waals surface area contributed by atoms with Crippen molar-refractivity contribution in [3.63, 3.8) is 0 Å². The van der Waals surface area contributed by atoms with Crippen LogP contribution in [0.4, 0.5) is 0 Å². The topological polar surface area (TPSA) is 69.1 Å². The van der Waals surface area contributed by atoms with Crippen molar-refractivity contribution >= 4 is 6.41 Å². The van der Waals surface area contributed by atoms with Crippen LogP contribution in [0.15, 0.2) is 10.7 Å². The van der Waals surface area contributed by atoms with Crippen molar-refractivity contribution < 1.29 is 9.21 Å². The summed E-state index contributed by atoms with van der Waals surface area (Å²) in [7, 11) is 0. The van der Waals surface area contributed by atoms with Crippen LogP contribution in [0.2, 0.25) is 0 Å². The zero-order valence-corrected chi connectivity index (χ0v) is 6.00. The molecular formula is C6H10N2O2. The minimum absolute atomic E-state index is 0.250. The van der Waals surface area contributed by atoms with E-state index < -0.39 is 0 Å². The van der Waals surface area contributed by atoms with E-state index in [1.54, 1.807) is 6.26 Å². The van der Waals surface area contributed by atoms with Crippen LogP contribution < -0.4 is 5.73 Å². The molecule has 0 spiro atoms. The van der Waals surface area contributed by atoms with Gasteiger partial charge in [-0.15, -0.1) is 0 Å². The Bertz CT molecular complexity index is 179. The first-order chi connectivity index (χ1) is 4.70. The first-order valence-electron chi connectivity index (χ1n) is 2.74. The Morgan fingerprint density at radius 2 is 2.20 bits per heavy atom. The second-order valence-corrected chi connectivity index (χ2v) is 1.64. The molecular weight excluding hydrogens is 132 g/mol. The monoisotopic (exact) mass is 142 g/mol. The third kappa shape index (κ3) is 3.65. The van der Waals surface area contributed by atoms with Crippen LogP contribution in [0.1, 0.15) is 11.6 Å². The Morgan fingerprint density at radius 1 is 1.70 bits per heavy atom. The standard InChI is InChI=1S/C5H7NO.CH3NO/c1-4-3-7-5(2)6-4;2-1-3/h3H,1-2H3;1H,(H2,2,3). The first kappa shape index (κ1) is 8.68. The highest BCUT2D eigenvalue weighted by molar-refractivity contribution is 5.42. The zero-order chi connectivity index (χ0) is 7.98. The Hall–Kier alpha value is -1.32. The maximum Gasteiger partial charge on any atom is 0.204 e. The molecule has 1 amide bonds. The van der Waals surface area contributed by atoms with Gasteiger partial charge in [0.15, 0.2) is 5.89 Å². The number of hydrogen-bond donors (Lipinski definition) is 1. The highest BCUT2D eigenvalue weighted by Gasteiger charge is 1.87. The van der Waals surface area contributed by atoms with Gasteiger partial charge in [-0.25, -0.2) is 4.98 Å². The summed E-state index contributed by atoms with van der Waals surface area (Å²) in [4.78, 5) is 12.5. The minimum atomic E-state index is 0.250. The fraction of sp³-hybridized carbons (Fsp3) is 0.333. The molecule has 0 saturated carbocycles. The number of aromatic nitrogens is 1. The van der Waals surface area contributed by atoms with Crippen LogP contribution >= 0.6 is 0 Å². The molecule has 0 atom stereocenters. The molecule has 4 heteroatoms. The van der Waals surface area contributed by atoms with Crippen molar-refractivity contribution in [3.05, 3.63) is 17.8 Å². The number of rotatable bonds is 0. The van der Waals surface area contributed by atoms with Gasteiger partial charge < -0.3 is 10.2 Å². The third-order valence-corrected chi connectivity index (χ3v) is 0.734. The van der Waals surface area contributed by atoms with Gasteiger partial charge in [0, 0.05) is 6.92 Å². The number of aryl methyl sites for hydroxylation is 2. The van der Waals surface area contributed by atoms with Crippen LogP contribution in [0, 0.1) is 13.8 Å². The zero-order valence-electron chi connectivity index (χ0n) is 6.00. The smallest absolute Gasteiger partial charge is 0.204 e. The maximum absolute atomic E-state index is 8.58. The summed E-state index contributed by atoms with van der Waals surface area (Å²) in [5.41, 5.74) is 5.11. The molecule has 2 N–H and O–H groups in total. The largest absolute Gasteiger partial charge is 0.449 e. The number of amides is 1. The Balaban J connectivity index is 0.000000236. The molecule has 0 unspecified atom stereocenters. The number of primary amides is 1. The number of hydrogen-bond acceptors (Lipinski definition) is 3. The molecule has 0 aliphatic rings. The second kappa shape index (κ2) is 4.55. The van der Waals surface area contributed by atoms with E-state index in [2.05, 4.69) is 10.7 Å². The lowest BCUT2D eigenvalue weighted by molar-refractivity contribution is -0.106. The fourth-order valence-corrected chi connectivity index (χ4v) is 0.472. The SMILES string of the molecule is Cc1coc(C)n1.NC=O. The van der Waals surface area contributed by atoms with E-state index in [0.29, 0.717) is 0 Å². The second-order valence-electron chi connectivity index (χ2n) is 1.64. The molecule has 56 valence electrons. The lowest BCUT2D eigenvalue weighted by atomic mass is 10.6. The highest BCUT2D eigenvalue weighted by atomic mass is 16.3. The van der Waals surface area contributed by atoms with Crippen LogP contribution in [-0.2, 0) is 4.79 Å². The molecule has 0 fully saturated rings. The van der Waals surface area contributed by atoms with Crippen molar-refractivity contribution in [2.75, 3.05) is 0 Å². The van der Waals surface area contributed by atoms with Gasteiger partial charge >= 0.3 is 0 Å². The summed E-state index contributed by atoms with van der Waals surface area (Å²) >= 11 is 0. The first-order valence-corrected chi connectivity index (χ1v) is 2.74. The third-order valence-electron chi connectivity index (χ3n) is 0.734. The van der Waals surface area contributed by atoms with E-state index >= 15 is 0 Å². The molecule has 1 aromatic heterocycles. The molecule has 1 aromatic rings. The van der Waals surface area contributed by atoms with E-state index in [1.165, 1.54) is 0 Å². The molecule has 1 heterocycles. The van der Waals surface area contributed by atoms with Gasteiger partial charge in [-0.1, -0.05) is 0 Å². The molecule has 0 bridgehead atoms. The van der Waals surface area contributed by atoms with Crippen molar-refractivity contribution in [2.24, 2.45) is 5.73 Å². The summed E-state index contributed by atoms with van der Waals surface area (Å²) < 4.78 is 4.85. The van der Waals surface area contributed by atoms with E-state index in [0.717, 1.165) is 11.6 Å². The Labute approximate surface area is 59.0 Å². The van der Waals surface area contributed by atoms with Gasteiger partial charge in [0.1, 0.15) is 6.26 Å². The lowest BCUT2D eigenvalue weighted by Crippen LogP contribution is -1.82. The van der Waals surface area contributed by atoms with E-state index in [-0.39, 0.29) is 6.41 Å². The minimum Gasteiger partial charge on any atom is -0.449 e. The molecule has 0 aromatic carbocycles. The van der Waals surface area contributed by atoms with Gasteiger partial charge in [-0.3, -0.25) is 4.79 Å². The predicted molar refractivity (Wildman–Crippen MR) is 36.2 cm³/mol. The molecule has 0 aliphatic carbocycles. The van der Waals surface area contributed by atoms with Crippen molar-refractivity contribution in [1.82, 2.24) is 4.98 Å². The van der Waals surface area contributed by atoms with Crippen LogP contribution in [0.3, 0.4) is 0 Å². The van der Waals surface area contributed by atoms with E-state index in [9.17, 15) is 0 Å². The van der Waals surface area contributed by atoms with Gasteiger partial charge in [0.05, 0.1) is 5.69 Å². The van der Waals surface area contributed by atoms with Crippen LogP contribution in [-0.4, -0.2) is 11.4 Å². The van der Waals surface area contributed by atoms with Gasteiger partial charge in [0.25, 0.3) is 0 Å². The van der Waals surface area contributed by atoms with Gasteiger partial charge in [0.2, 0.25) is 6.41 Å². The number of carbonyl (C=O) groups is 1. The summed E-state index contributed by atoms with van der Waals surface area (Å²) in [5.74, 6) is 0.734. The van der Waals surface area contributed by atoms with Crippen molar-refractivity contribution in [1.29, 1.82) is 0 Å². The van der Waals surface area contributed by atoms with E-state index in [1.807, 2.05) is 13.8 Å². The molecule has 10 heavy (non-hydrogen) atoms. The Morgan fingerprint density at radius 3 is 2.30 bits per heavy atom. The van der Waals surface area contributed by atoms with Crippen molar-refractivity contribution in [3.8, 4) is 0 Å². The molecule has 1 rings (SSSR count). The summed E-state index contributed by atoms with van der Waals surface area (Å²) in [5, 5.41) is 0. The highest BCUT2D eigenvalue weighted by Crippen LogP contribution is 1.95. The van der Waals surface area contributed by atoms with Gasteiger partial charge in [-0.05, 0) is 6.92 Å². The summed E-state index contributed by atoms with van der Waals surface area (Å²) in [6.07, 6.45) is 1.88. The van der Waals surface area contributed by atoms with E-state index in [4.69, 9.17) is 9.21 Å². The molecule has 0 radical (unpaired) electrons. The number of carbonyl (C=O) groups excluding carboxylic acids is 1. The van der Waals surface area contributed by atoms with Crippen molar-refractivity contribution in [2.45, 2.75) is 13.8 Å². The summed E-state index contributed by atoms with van der Waals surface area (Å²) in [6.45, 7) is 3.73. The fourth-order valence-electron chi connectivity index (χ4n) is 0.472. The van der Waals surface area contributed by atoms with Gasteiger partial charge in [-0.2, -0.15) is 0 Å². The molecule has 0 saturated heterocycles. The quantitative estimate of drug-likeness (QED) is 0.533. The number of nitrogens with two attached hydrogens (primary N) is 1. The van der Waals surface area contributed by atoms with Crippen LogP contribution in [0.25, 0.3) is 0 Å². The predicted octanol–water partition coefficient (Wildman–Crippen LogP) is 0.393. The van der Waals surface area contributed by atoms with Crippen LogP contribution in [0.5, 0.6) is 0 Å². The molecule has 0 aliphatic heterocycles. The molecule has 4 nitrogen and oxygen atoms in total. The lowest BCUT2D eigenvalue weighted by Gasteiger charge is -1.68. The average Bonchev–Trinajstić information content (AvgIpc) is 2.17. The Kier molecular flexibility index (Phi) is 3.95. The normalized spacial score (nSPS) is 7.80.